The second-order valence-electron chi connectivity index (χ2n) is 7.34. The van der Waals surface area contributed by atoms with Gasteiger partial charge in [-0.3, -0.25) is 9.79 Å². The number of piperidine rings is 1. The zero-order chi connectivity index (χ0) is 18.9. The molecule has 0 bridgehead atoms. The summed E-state index contributed by atoms with van der Waals surface area (Å²) >= 11 is 0. The van der Waals surface area contributed by atoms with E-state index in [1.165, 1.54) is 0 Å². The van der Waals surface area contributed by atoms with Gasteiger partial charge in [-0.2, -0.15) is 0 Å². The molecule has 3 N–H and O–H groups in total. The number of hydrogen-bond acceptors (Lipinski definition) is 3. The first kappa shape index (κ1) is 23.5. The highest BCUT2D eigenvalue weighted by Gasteiger charge is 2.23. The highest BCUT2D eigenvalue weighted by atomic mass is 127. The van der Waals surface area contributed by atoms with E-state index in [2.05, 4.69) is 35.1 Å². The summed E-state index contributed by atoms with van der Waals surface area (Å²) < 4.78 is 5.93. The Kier molecular flexibility index (Phi) is 10.5. The van der Waals surface area contributed by atoms with Gasteiger partial charge in [0.05, 0.1) is 6.61 Å². The van der Waals surface area contributed by atoms with E-state index in [0.29, 0.717) is 31.4 Å². The molecule has 1 atom stereocenters. The molecule has 2 rings (SSSR count). The average molecular weight is 488 g/mol. The Labute approximate surface area is 179 Å². The van der Waals surface area contributed by atoms with Gasteiger partial charge in [-0.1, -0.05) is 32.0 Å². The number of nitrogens with zero attached hydrogens (tertiary/aromatic N) is 2. The van der Waals surface area contributed by atoms with Crippen LogP contribution in [0, 0.1) is 11.8 Å². The summed E-state index contributed by atoms with van der Waals surface area (Å²) in [6, 6.07) is 8.09. The van der Waals surface area contributed by atoms with Crippen molar-refractivity contribution >= 4 is 35.8 Å². The minimum Gasteiger partial charge on any atom is -0.493 e. The number of primary amides is 1. The van der Waals surface area contributed by atoms with Crippen molar-refractivity contribution in [1.82, 2.24) is 10.2 Å². The van der Waals surface area contributed by atoms with Crippen LogP contribution in [0.15, 0.2) is 29.3 Å². The van der Waals surface area contributed by atoms with Gasteiger partial charge < -0.3 is 20.7 Å². The smallest absolute Gasteiger partial charge is 0.217 e. The predicted octanol–water partition coefficient (Wildman–Crippen LogP) is 3.00. The number of hydrogen-bond donors (Lipinski definition) is 2. The number of likely N-dealkylation sites (tertiary alicyclic amines) is 1. The van der Waals surface area contributed by atoms with Crippen molar-refractivity contribution in [3.63, 3.8) is 0 Å². The Hall–Kier alpha value is -1.51. The van der Waals surface area contributed by atoms with E-state index in [4.69, 9.17) is 10.5 Å². The van der Waals surface area contributed by atoms with Crippen LogP contribution < -0.4 is 15.8 Å². The largest absolute Gasteiger partial charge is 0.493 e. The number of benzene rings is 1. The molecule has 27 heavy (non-hydrogen) atoms. The fourth-order valence-corrected chi connectivity index (χ4v) is 3.26. The van der Waals surface area contributed by atoms with E-state index in [1.54, 1.807) is 7.05 Å². The van der Waals surface area contributed by atoms with Crippen molar-refractivity contribution < 1.29 is 9.53 Å². The number of guanidine groups is 1. The number of carbonyl (C=O) groups excluding carboxylic acids is 1. The molecule has 0 radical (unpaired) electrons. The van der Waals surface area contributed by atoms with E-state index in [0.717, 1.165) is 43.2 Å². The zero-order valence-corrected chi connectivity index (χ0v) is 18.9. The first-order valence-corrected chi connectivity index (χ1v) is 9.44. The molecule has 1 amide bonds. The van der Waals surface area contributed by atoms with Crippen molar-refractivity contribution in [3.05, 3.63) is 29.8 Å². The zero-order valence-electron chi connectivity index (χ0n) is 16.6. The van der Waals surface area contributed by atoms with Gasteiger partial charge in [0.25, 0.3) is 0 Å². The maximum absolute atomic E-state index is 11.2. The molecule has 6 nitrogen and oxygen atoms in total. The monoisotopic (exact) mass is 488 g/mol. The van der Waals surface area contributed by atoms with Crippen molar-refractivity contribution in [2.75, 3.05) is 26.7 Å². The van der Waals surface area contributed by atoms with E-state index in [-0.39, 0.29) is 29.9 Å². The third-order valence-corrected chi connectivity index (χ3v) is 4.50. The fraction of sp³-hybridized carbons (Fsp3) is 0.600. The van der Waals surface area contributed by atoms with Crippen molar-refractivity contribution in [1.29, 1.82) is 0 Å². The Morgan fingerprint density at radius 2 is 2.15 bits per heavy atom. The normalized spacial score (nSPS) is 17.4. The highest BCUT2D eigenvalue weighted by molar-refractivity contribution is 14.0. The minimum absolute atomic E-state index is 0. The van der Waals surface area contributed by atoms with Crippen LogP contribution in [0.2, 0.25) is 0 Å². The molecule has 0 saturated carbocycles. The summed E-state index contributed by atoms with van der Waals surface area (Å²) in [6.45, 7) is 7.39. The molecule has 0 spiro atoms. The van der Waals surface area contributed by atoms with E-state index < -0.39 is 0 Å². The summed E-state index contributed by atoms with van der Waals surface area (Å²) in [5.41, 5.74) is 6.47. The molecule has 0 aromatic heterocycles. The third kappa shape index (κ3) is 7.94. The van der Waals surface area contributed by atoms with E-state index in [9.17, 15) is 4.79 Å². The van der Waals surface area contributed by atoms with Crippen molar-refractivity contribution in [3.8, 4) is 5.75 Å². The van der Waals surface area contributed by atoms with Crippen molar-refractivity contribution in [2.24, 2.45) is 22.6 Å². The Balaban J connectivity index is 0.00000364. The number of halogens is 1. The van der Waals surface area contributed by atoms with Gasteiger partial charge in [-0.25, -0.2) is 0 Å². The standard InChI is InChI=1S/C20H32N4O2.HI/c1-15(2)14-26-18-9-5-4-8-17(18)12-23-20(22-3)24-10-6-7-16(13-24)11-19(21)25;/h4-5,8-9,15-16H,6-7,10-14H2,1-3H3,(H2,21,25)(H,22,23);1H. The molecule has 1 saturated heterocycles. The number of nitrogens with one attached hydrogen (secondary N) is 1. The lowest BCUT2D eigenvalue weighted by molar-refractivity contribution is -0.119. The SMILES string of the molecule is CN=C(NCc1ccccc1OCC(C)C)N1CCCC(CC(N)=O)C1.I. The number of ether oxygens (including phenoxy) is 1. The Bertz CT molecular complexity index is 622. The Morgan fingerprint density at radius 1 is 1.41 bits per heavy atom. The Morgan fingerprint density at radius 3 is 2.81 bits per heavy atom. The molecule has 1 aliphatic heterocycles. The lowest BCUT2D eigenvalue weighted by atomic mass is 9.95. The average Bonchev–Trinajstić information content (AvgIpc) is 2.61. The van der Waals surface area contributed by atoms with Crippen LogP contribution in [0.3, 0.4) is 0 Å². The van der Waals surface area contributed by atoms with E-state index >= 15 is 0 Å². The van der Waals surface area contributed by atoms with Crippen LogP contribution in [0.5, 0.6) is 5.75 Å². The molecular weight excluding hydrogens is 455 g/mol. The number of carbonyl (C=O) groups is 1. The van der Waals surface area contributed by atoms with Gasteiger partial charge in [0.2, 0.25) is 5.91 Å². The lowest BCUT2D eigenvalue weighted by Crippen LogP contribution is -2.46. The van der Waals surface area contributed by atoms with Crippen LogP contribution in [0.25, 0.3) is 0 Å². The lowest BCUT2D eigenvalue weighted by Gasteiger charge is -2.34. The first-order valence-electron chi connectivity index (χ1n) is 9.44. The van der Waals surface area contributed by atoms with Crippen molar-refractivity contribution in [2.45, 2.75) is 39.7 Å². The van der Waals surface area contributed by atoms with Crippen LogP contribution in [0.1, 0.15) is 38.7 Å². The second kappa shape index (κ2) is 12.0. The molecule has 7 heteroatoms. The summed E-state index contributed by atoms with van der Waals surface area (Å²) in [6.07, 6.45) is 2.54. The number of para-hydroxylation sites is 1. The van der Waals surface area contributed by atoms with Crippen LogP contribution >= 0.6 is 24.0 Å². The van der Waals surface area contributed by atoms with Crippen LogP contribution in [0.4, 0.5) is 0 Å². The predicted molar refractivity (Wildman–Crippen MR) is 120 cm³/mol. The van der Waals surface area contributed by atoms with Crippen LogP contribution in [-0.4, -0.2) is 43.5 Å². The second-order valence-corrected chi connectivity index (χ2v) is 7.34. The molecule has 1 aromatic rings. The molecule has 1 unspecified atom stereocenters. The molecule has 1 heterocycles. The highest BCUT2D eigenvalue weighted by Crippen LogP contribution is 2.21. The molecule has 152 valence electrons. The maximum atomic E-state index is 11.2. The van der Waals surface area contributed by atoms with Gasteiger partial charge in [-0.05, 0) is 30.7 Å². The van der Waals surface area contributed by atoms with E-state index in [1.807, 2.05) is 18.2 Å². The number of amides is 1. The summed E-state index contributed by atoms with van der Waals surface area (Å²) in [5, 5.41) is 3.44. The molecular formula is C20H33IN4O2. The number of aliphatic imine (C=N–C) groups is 1. The molecule has 1 aromatic carbocycles. The minimum atomic E-state index is -0.226. The summed E-state index contributed by atoms with van der Waals surface area (Å²) in [5.74, 6) is 2.34. The molecule has 1 aliphatic rings. The van der Waals surface area contributed by atoms with Gasteiger partial charge >= 0.3 is 0 Å². The maximum Gasteiger partial charge on any atom is 0.217 e. The number of rotatable bonds is 7. The molecule has 0 aliphatic carbocycles. The fourth-order valence-electron chi connectivity index (χ4n) is 3.26. The van der Waals surface area contributed by atoms with Crippen LogP contribution in [-0.2, 0) is 11.3 Å². The topological polar surface area (TPSA) is 80.0 Å². The number of nitrogens with two attached hydrogens (primary N) is 1. The quantitative estimate of drug-likeness (QED) is 0.352. The van der Waals surface area contributed by atoms with Gasteiger partial charge in [0.1, 0.15) is 5.75 Å². The van der Waals surface area contributed by atoms with Gasteiger partial charge in [0, 0.05) is 38.7 Å². The third-order valence-electron chi connectivity index (χ3n) is 4.50. The summed E-state index contributed by atoms with van der Waals surface area (Å²) in [4.78, 5) is 17.9. The summed E-state index contributed by atoms with van der Waals surface area (Å²) in [7, 11) is 1.79. The molecule has 1 fully saturated rings. The van der Waals surface area contributed by atoms with Gasteiger partial charge in [-0.15, -0.1) is 24.0 Å². The van der Waals surface area contributed by atoms with Gasteiger partial charge in [0.15, 0.2) is 5.96 Å². The first-order chi connectivity index (χ1) is 12.5.